The van der Waals surface area contributed by atoms with Crippen LogP contribution in [0.5, 0.6) is 5.75 Å². The Morgan fingerprint density at radius 1 is 1.10 bits per heavy atom. The molecule has 0 radical (unpaired) electrons. The maximum Gasteiger partial charge on any atom is 0.163 e. The number of hydrogen-bond donors (Lipinski definition) is 2. The molecule has 0 unspecified atom stereocenters. The molecule has 0 spiro atoms. The minimum absolute atomic E-state index is 0.0668. The number of aliphatic hydroxyl groups excluding tert-OH is 1. The zero-order valence-corrected chi connectivity index (χ0v) is 16.8. The molecule has 2 atom stereocenters. The summed E-state index contributed by atoms with van der Waals surface area (Å²) in [7, 11) is -3.27. The van der Waals surface area contributed by atoms with Gasteiger partial charge in [-0.15, -0.1) is 0 Å². The zero-order chi connectivity index (χ0) is 20.4. The van der Waals surface area contributed by atoms with Gasteiger partial charge in [0.1, 0.15) is 11.0 Å². The van der Waals surface area contributed by atoms with Crippen LogP contribution in [0.3, 0.4) is 0 Å². The highest BCUT2D eigenvalue weighted by atomic mass is 32.2. The number of fused-ring (bicyclic) bond motifs is 1. The second-order valence-corrected chi connectivity index (χ2v) is 9.65. The SMILES string of the molecule is O=S1(=O)CC(CO)=C2[C@@H](CC/C(=C/c3ccccc3O)c3ccccc3)OC[C@@H]21. The summed E-state index contributed by atoms with van der Waals surface area (Å²) in [5.74, 6) is 0.146. The van der Waals surface area contributed by atoms with Gasteiger partial charge in [-0.3, -0.25) is 0 Å². The molecule has 2 N–H and O–H groups in total. The lowest BCUT2D eigenvalue weighted by Gasteiger charge is -2.15. The van der Waals surface area contributed by atoms with Crippen molar-refractivity contribution in [1.82, 2.24) is 0 Å². The van der Waals surface area contributed by atoms with E-state index in [9.17, 15) is 18.6 Å². The molecule has 0 bridgehead atoms. The van der Waals surface area contributed by atoms with Crippen molar-refractivity contribution in [3.63, 3.8) is 0 Å². The van der Waals surface area contributed by atoms with Gasteiger partial charge in [0.2, 0.25) is 0 Å². The molecule has 152 valence electrons. The Balaban J connectivity index is 1.61. The Morgan fingerprint density at radius 2 is 1.83 bits per heavy atom. The lowest BCUT2D eigenvalue weighted by Crippen LogP contribution is -2.19. The molecular weight excluding hydrogens is 388 g/mol. The lowest BCUT2D eigenvalue weighted by molar-refractivity contribution is 0.118. The summed E-state index contributed by atoms with van der Waals surface area (Å²) < 4.78 is 30.5. The van der Waals surface area contributed by atoms with E-state index in [0.29, 0.717) is 18.4 Å². The third-order valence-electron chi connectivity index (χ3n) is 5.64. The van der Waals surface area contributed by atoms with Crippen molar-refractivity contribution >= 4 is 21.5 Å². The monoisotopic (exact) mass is 412 g/mol. The number of phenols is 1. The van der Waals surface area contributed by atoms with Gasteiger partial charge in [0.15, 0.2) is 9.84 Å². The minimum atomic E-state index is -3.27. The molecule has 2 aliphatic rings. The van der Waals surface area contributed by atoms with Gasteiger partial charge in [-0.25, -0.2) is 8.42 Å². The van der Waals surface area contributed by atoms with Crippen molar-refractivity contribution in [1.29, 1.82) is 0 Å². The van der Waals surface area contributed by atoms with E-state index in [-0.39, 0.29) is 30.8 Å². The van der Waals surface area contributed by atoms with Crippen LogP contribution in [0.25, 0.3) is 11.6 Å². The van der Waals surface area contributed by atoms with Crippen molar-refractivity contribution in [2.75, 3.05) is 19.0 Å². The van der Waals surface area contributed by atoms with Crippen LogP contribution in [0, 0.1) is 0 Å². The van der Waals surface area contributed by atoms with E-state index >= 15 is 0 Å². The molecule has 2 aromatic rings. The minimum Gasteiger partial charge on any atom is -0.507 e. The molecule has 0 amide bonds. The highest BCUT2D eigenvalue weighted by molar-refractivity contribution is 7.92. The van der Waals surface area contributed by atoms with E-state index in [4.69, 9.17) is 4.74 Å². The van der Waals surface area contributed by atoms with Crippen LogP contribution in [0.4, 0.5) is 0 Å². The van der Waals surface area contributed by atoms with E-state index in [1.165, 1.54) is 0 Å². The van der Waals surface area contributed by atoms with Crippen molar-refractivity contribution in [2.45, 2.75) is 24.2 Å². The normalized spacial score (nSPS) is 23.4. The van der Waals surface area contributed by atoms with Gasteiger partial charge >= 0.3 is 0 Å². The molecule has 4 rings (SSSR count). The molecule has 2 aromatic carbocycles. The molecule has 1 saturated heterocycles. The van der Waals surface area contributed by atoms with Gasteiger partial charge in [0, 0.05) is 5.56 Å². The van der Waals surface area contributed by atoms with Gasteiger partial charge in [-0.2, -0.15) is 0 Å². The smallest absolute Gasteiger partial charge is 0.163 e. The number of sulfone groups is 1. The molecule has 5 nitrogen and oxygen atoms in total. The Kier molecular flexibility index (Phi) is 5.58. The molecule has 29 heavy (non-hydrogen) atoms. The fraction of sp³-hybridized carbons (Fsp3) is 0.304. The van der Waals surface area contributed by atoms with E-state index in [2.05, 4.69) is 0 Å². The Bertz CT molecular complexity index is 1050. The Hall–Kier alpha value is -2.41. The number of aromatic hydroxyl groups is 1. The van der Waals surface area contributed by atoms with Crippen LogP contribution >= 0.6 is 0 Å². The fourth-order valence-electron chi connectivity index (χ4n) is 4.18. The summed E-state index contributed by atoms with van der Waals surface area (Å²) in [5.41, 5.74) is 4.15. The molecule has 1 fully saturated rings. The second-order valence-electron chi connectivity index (χ2n) is 7.47. The summed E-state index contributed by atoms with van der Waals surface area (Å²) in [5, 5.41) is 19.2. The predicted molar refractivity (Wildman–Crippen MR) is 113 cm³/mol. The third kappa shape index (κ3) is 4.01. The van der Waals surface area contributed by atoms with Crippen LogP contribution in [-0.2, 0) is 14.6 Å². The van der Waals surface area contributed by atoms with Crippen LogP contribution in [0.15, 0.2) is 65.7 Å². The predicted octanol–water partition coefficient (Wildman–Crippen LogP) is 3.20. The maximum absolute atomic E-state index is 12.3. The van der Waals surface area contributed by atoms with Crippen LogP contribution in [0.1, 0.15) is 24.0 Å². The summed E-state index contributed by atoms with van der Waals surface area (Å²) in [6.07, 6.45) is 2.91. The number of ether oxygens (including phenoxy) is 1. The Labute approximate surface area is 170 Å². The lowest BCUT2D eigenvalue weighted by atomic mass is 9.93. The third-order valence-corrected chi connectivity index (χ3v) is 7.65. The van der Waals surface area contributed by atoms with Crippen LogP contribution in [-0.4, -0.2) is 49.0 Å². The van der Waals surface area contributed by atoms with E-state index in [1.54, 1.807) is 12.1 Å². The zero-order valence-electron chi connectivity index (χ0n) is 16.0. The molecule has 2 aliphatic heterocycles. The standard InChI is InChI=1S/C23H24O5S/c24-13-19-15-29(26,27)22-14-28-21(23(19)22)11-10-17(16-6-2-1-3-7-16)12-18-8-4-5-9-20(18)25/h1-9,12,21-22,24-25H,10-11,13-15H2/b17-12-/t21-,22+/m1/s1. The summed E-state index contributed by atoms with van der Waals surface area (Å²) >= 11 is 0. The quantitative estimate of drug-likeness (QED) is 0.562. The van der Waals surface area contributed by atoms with Gasteiger partial charge in [0.05, 0.1) is 25.1 Å². The average Bonchev–Trinajstić information content (AvgIpc) is 3.26. The van der Waals surface area contributed by atoms with Gasteiger partial charge < -0.3 is 14.9 Å². The Morgan fingerprint density at radius 3 is 2.55 bits per heavy atom. The summed E-state index contributed by atoms with van der Waals surface area (Å²) in [6, 6.07) is 17.1. The highest BCUT2D eigenvalue weighted by Crippen LogP contribution is 2.39. The van der Waals surface area contributed by atoms with Crippen LogP contribution in [0.2, 0.25) is 0 Å². The van der Waals surface area contributed by atoms with Gasteiger partial charge in [-0.1, -0.05) is 48.5 Å². The number of allylic oxidation sites excluding steroid dienone is 1. The van der Waals surface area contributed by atoms with Gasteiger partial charge in [-0.05, 0) is 47.3 Å². The largest absolute Gasteiger partial charge is 0.507 e. The topological polar surface area (TPSA) is 83.8 Å². The van der Waals surface area contributed by atoms with Crippen LogP contribution < -0.4 is 0 Å². The first-order chi connectivity index (χ1) is 14.0. The van der Waals surface area contributed by atoms with Crippen molar-refractivity contribution in [3.05, 3.63) is 76.9 Å². The van der Waals surface area contributed by atoms with Gasteiger partial charge in [0.25, 0.3) is 0 Å². The first kappa shape index (κ1) is 19.9. The van der Waals surface area contributed by atoms with Crippen molar-refractivity contribution in [3.8, 4) is 5.75 Å². The summed E-state index contributed by atoms with van der Waals surface area (Å²) in [4.78, 5) is 0. The first-order valence-electron chi connectivity index (χ1n) is 9.69. The number of hydrogen-bond acceptors (Lipinski definition) is 5. The molecule has 0 aliphatic carbocycles. The van der Waals surface area contributed by atoms with E-state index < -0.39 is 15.1 Å². The number of para-hydroxylation sites is 1. The number of rotatable bonds is 6. The highest BCUT2D eigenvalue weighted by Gasteiger charge is 2.46. The van der Waals surface area contributed by atoms with E-state index in [0.717, 1.165) is 22.3 Å². The molecule has 0 aromatic heterocycles. The van der Waals surface area contributed by atoms with Crippen molar-refractivity contribution < 1.29 is 23.4 Å². The first-order valence-corrected chi connectivity index (χ1v) is 11.4. The molecule has 2 heterocycles. The second kappa shape index (κ2) is 8.14. The number of benzene rings is 2. The van der Waals surface area contributed by atoms with Crippen molar-refractivity contribution in [2.24, 2.45) is 0 Å². The summed E-state index contributed by atoms with van der Waals surface area (Å²) in [6.45, 7) is -0.0834. The number of phenolic OH excluding ortho intramolecular Hbond substituents is 1. The molecular formula is C23H24O5S. The molecule has 6 heteroatoms. The number of aliphatic hydroxyl groups is 1. The molecule has 0 saturated carbocycles. The fourth-order valence-corrected chi connectivity index (χ4v) is 6.12. The van der Waals surface area contributed by atoms with E-state index in [1.807, 2.05) is 48.5 Å². The average molecular weight is 413 g/mol. The maximum atomic E-state index is 12.3.